The van der Waals surface area contributed by atoms with E-state index in [1.807, 2.05) is 19.1 Å². The lowest BCUT2D eigenvalue weighted by Gasteiger charge is -2.34. The first-order valence-corrected chi connectivity index (χ1v) is 10.2. The molecule has 28 heavy (non-hydrogen) atoms. The molecule has 0 saturated carbocycles. The number of hydrogen-bond donors (Lipinski definition) is 0. The van der Waals surface area contributed by atoms with Gasteiger partial charge >= 0.3 is 5.97 Å². The van der Waals surface area contributed by atoms with Gasteiger partial charge in [-0.3, -0.25) is 4.79 Å². The molecular weight excluding hydrogens is 350 g/mol. The predicted octanol–water partition coefficient (Wildman–Crippen LogP) is 4.46. The van der Waals surface area contributed by atoms with Crippen molar-refractivity contribution in [2.45, 2.75) is 38.4 Å². The maximum Gasteiger partial charge on any atom is 0.308 e. The number of carbonyl (C=O) groups excluding carboxylic acids is 1. The van der Waals surface area contributed by atoms with Gasteiger partial charge in [-0.05, 0) is 36.9 Å². The monoisotopic (exact) mass is 381 g/mol. The molecule has 4 nitrogen and oxygen atoms in total. The van der Waals surface area contributed by atoms with Crippen molar-refractivity contribution in [3.05, 3.63) is 71.8 Å². The van der Waals surface area contributed by atoms with E-state index in [4.69, 9.17) is 9.47 Å². The van der Waals surface area contributed by atoms with Crippen molar-refractivity contribution in [3.8, 4) is 0 Å². The minimum absolute atomic E-state index is 0.0294. The molecule has 1 heterocycles. The highest BCUT2D eigenvalue weighted by Gasteiger charge is 2.25. The number of ether oxygens (including phenoxy) is 2. The molecular formula is C24H31NO3. The maximum absolute atomic E-state index is 11.6. The highest BCUT2D eigenvalue weighted by molar-refractivity contribution is 5.71. The maximum atomic E-state index is 11.6. The number of hydrogen-bond acceptors (Lipinski definition) is 4. The fraction of sp³-hybridized carbons (Fsp3) is 0.458. The van der Waals surface area contributed by atoms with Crippen molar-refractivity contribution in [1.29, 1.82) is 0 Å². The lowest BCUT2D eigenvalue weighted by molar-refractivity contribution is -0.145. The molecule has 1 atom stereocenters. The van der Waals surface area contributed by atoms with E-state index in [0.29, 0.717) is 0 Å². The second kappa shape index (κ2) is 10.4. The molecule has 2 aromatic rings. The summed E-state index contributed by atoms with van der Waals surface area (Å²) in [6.45, 7) is 4.89. The number of esters is 1. The SMILES string of the molecule is COC(=O)C(C)CCN1CCC(OC(c2ccccc2)c2ccccc2)CC1. The van der Waals surface area contributed by atoms with Crippen LogP contribution in [0.15, 0.2) is 60.7 Å². The Morgan fingerprint density at radius 2 is 1.54 bits per heavy atom. The zero-order valence-corrected chi connectivity index (χ0v) is 16.9. The largest absolute Gasteiger partial charge is 0.469 e. The van der Waals surface area contributed by atoms with Crippen LogP contribution in [0.4, 0.5) is 0 Å². The highest BCUT2D eigenvalue weighted by atomic mass is 16.5. The van der Waals surface area contributed by atoms with Crippen molar-refractivity contribution in [2.75, 3.05) is 26.7 Å². The van der Waals surface area contributed by atoms with E-state index in [-0.39, 0.29) is 24.1 Å². The van der Waals surface area contributed by atoms with Gasteiger partial charge in [0, 0.05) is 13.1 Å². The van der Waals surface area contributed by atoms with Crippen LogP contribution in [0.5, 0.6) is 0 Å². The van der Waals surface area contributed by atoms with Gasteiger partial charge in [0.25, 0.3) is 0 Å². The Labute approximate surface area is 168 Å². The van der Waals surface area contributed by atoms with E-state index in [1.54, 1.807) is 0 Å². The predicted molar refractivity (Wildman–Crippen MR) is 111 cm³/mol. The Hall–Kier alpha value is -2.17. The van der Waals surface area contributed by atoms with E-state index in [2.05, 4.69) is 53.4 Å². The first kappa shape index (κ1) is 20.6. The van der Waals surface area contributed by atoms with Crippen LogP contribution in [0.25, 0.3) is 0 Å². The Kier molecular flexibility index (Phi) is 7.63. The quantitative estimate of drug-likeness (QED) is 0.633. The molecule has 3 rings (SSSR count). The molecule has 0 radical (unpaired) electrons. The number of piperidine rings is 1. The van der Waals surface area contributed by atoms with Crippen LogP contribution in [-0.4, -0.2) is 43.7 Å². The molecule has 0 amide bonds. The molecule has 0 aromatic heterocycles. The summed E-state index contributed by atoms with van der Waals surface area (Å²) in [4.78, 5) is 14.0. The van der Waals surface area contributed by atoms with E-state index in [0.717, 1.165) is 38.9 Å². The molecule has 0 spiro atoms. The number of nitrogens with zero attached hydrogens (tertiary/aromatic N) is 1. The van der Waals surface area contributed by atoms with Crippen LogP contribution in [0.2, 0.25) is 0 Å². The average molecular weight is 382 g/mol. The van der Waals surface area contributed by atoms with Gasteiger partial charge in [-0.1, -0.05) is 67.6 Å². The lowest BCUT2D eigenvalue weighted by Crippen LogP contribution is -2.38. The summed E-state index contributed by atoms with van der Waals surface area (Å²) in [6.07, 6.45) is 3.10. The van der Waals surface area contributed by atoms with Gasteiger partial charge in [-0.15, -0.1) is 0 Å². The number of likely N-dealkylation sites (tertiary alicyclic amines) is 1. The third-order valence-corrected chi connectivity index (χ3v) is 5.55. The van der Waals surface area contributed by atoms with E-state index < -0.39 is 0 Å². The molecule has 4 heteroatoms. The van der Waals surface area contributed by atoms with Gasteiger partial charge in [0.2, 0.25) is 0 Å². The third-order valence-electron chi connectivity index (χ3n) is 5.55. The summed E-state index contributed by atoms with van der Waals surface area (Å²) >= 11 is 0. The summed E-state index contributed by atoms with van der Waals surface area (Å²) in [6, 6.07) is 20.9. The molecule has 1 aliphatic heterocycles. The minimum Gasteiger partial charge on any atom is -0.469 e. The second-order valence-corrected chi connectivity index (χ2v) is 7.59. The smallest absolute Gasteiger partial charge is 0.308 e. The van der Waals surface area contributed by atoms with Crippen molar-refractivity contribution in [2.24, 2.45) is 5.92 Å². The van der Waals surface area contributed by atoms with Gasteiger partial charge in [0.05, 0.1) is 19.1 Å². The molecule has 150 valence electrons. The summed E-state index contributed by atoms with van der Waals surface area (Å²) in [7, 11) is 1.46. The number of benzene rings is 2. The normalized spacial score (nSPS) is 16.8. The molecule has 1 fully saturated rings. The first-order valence-electron chi connectivity index (χ1n) is 10.2. The number of rotatable bonds is 8. The van der Waals surface area contributed by atoms with Crippen molar-refractivity contribution in [1.82, 2.24) is 4.90 Å². The number of methoxy groups -OCH3 is 1. The molecule has 1 unspecified atom stereocenters. The van der Waals surface area contributed by atoms with Gasteiger partial charge < -0.3 is 14.4 Å². The van der Waals surface area contributed by atoms with Crippen molar-refractivity contribution >= 4 is 5.97 Å². The second-order valence-electron chi connectivity index (χ2n) is 7.59. The van der Waals surface area contributed by atoms with Crippen molar-refractivity contribution in [3.63, 3.8) is 0 Å². The highest BCUT2D eigenvalue weighted by Crippen LogP contribution is 2.30. The van der Waals surface area contributed by atoms with Gasteiger partial charge in [-0.25, -0.2) is 0 Å². The van der Waals surface area contributed by atoms with E-state index in [9.17, 15) is 4.79 Å². The fourth-order valence-corrected chi connectivity index (χ4v) is 3.76. The Morgan fingerprint density at radius 3 is 2.04 bits per heavy atom. The molecule has 1 saturated heterocycles. The van der Waals surface area contributed by atoms with Crippen LogP contribution < -0.4 is 0 Å². The zero-order chi connectivity index (χ0) is 19.8. The topological polar surface area (TPSA) is 38.8 Å². The molecule has 0 bridgehead atoms. The first-order chi connectivity index (χ1) is 13.7. The minimum atomic E-state index is -0.119. The zero-order valence-electron chi connectivity index (χ0n) is 16.9. The molecule has 1 aliphatic rings. The van der Waals surface area contributed by atoms with Crippen LogP contribution >= 0.6 is 0 Å². The Bertz CT molecular complexity index is 672. The van der Waals surface area contributed by atoms with E-state index in [1.165, 1.54) is 18.2 Å². The van der Waals surface area contributed by atoms with Crippen LogP contribution in [0.3, 0.4) is 0 Å². The summed E-state index contributed by atoms with van der Waals surface area (Å²) in [5.41, 5.74) is 2.39. The van der Waals surface area contributed by atoms with Crippen LogP contribution in [-0.2, 0) is 14.3 Å². The summed E-state index contributed by atoms with van der Waals surface area (Å²) in [5, 5.41) is 0. The lowest BCUT2D eigenvalue weighted by atomic mass is 10.00. The van der Waals surface area contributed by atoms with Crippen LogP contribution in [0.1, 0.15) is 43.4 Å². The van der Waals surface area contributed by atoms with Gasteiger partial charge in [0.1, 0.15) is 6.10 Å². The fourth-order valence-electron chi connectivity index (χ4n) is 3.76. The molecule has 0 aliphatic carbocycles. The standard InChI is InChI=1S/C24H31NO3/c1-19(24(26)27-2)13-16-25-17-14-22(15-18-25)28-23(20-9-5-3-6-10-20)21-11-7-4-8-12-21/h3-12,19,22-23H,13-18H2,1-2H3. The van der Waals surface area contributed by atoms with Crippen molar-refractivity contribution < 1.29 is 14.3 Å². The summed E-state index contributed by atoms with van der Waals surface area (Å²) < 4.78 is 11.4. The van der Waals surface area contributed by atoms with Crippen LogP contribution in [0, 0.1) is 5.92 Å². The Morgan fingerprint density at radius 1 is 1.00 bits per heavy atom. The molecule has 0 N–H and O–H groups in total. The van der Waals surface area contributed by atoms with E-state index >= 15 is 0 Å². The molecule has 2 aromatic carbocycles. The summed E-state index contributed by atoms with van der Waals surface area (Å²) in [5.74, 6) is -0.161. The number of carbonyl (C=O) groups is 1. The third kappa shape index (κ3) is 5.66. The van der Waals surface area contributed by atoms with Gasteiger partial charge in [-0.2, -0.15) is 0 Å². The Balaban J connectivity index is 1.55. The average Bonchev–Trinajstić information content (AvgIpc) is 2.77. The van der Waals surface area contributed by atoms with Gasteiger partial charge in [0.15, 0.2) is 0 Å².